The second kappa shape index (κ2) is 7.09. The van der Waals surface area contributed by atoms with Gasteiger partial charge in [-0.2, -0.15) is 4.98 Å². The van der Waals surface area contributed by atoms with E-state index in [0.29, 0.717) is 5.89 Å². The van der Waals surface area contributed by atoms with E-state index in [-0.39, 0.29) is 18.4 Å². The average Bonchev–Trinajstić information content (AvgIpc) is 2.97. The monoisotopic (exact) mass is 324 g/mol. The molecule has 2 aromatic rings. The lowest BCUT2D eigenvalue weighted by atomic mass is 10.1. The molecule has 0 bridgehead atoms. The molecule has 0 saturated carbocycles. The van der Waals surface area contributed by atoms with E-state index >= 15 is 0 Å². The molecule has 1 aliphatic heterocycles. The van der Waals surface area contributed by atoms with Crippen LogP contribution in [0.3, 0.4) is 0 Å². The summed E-state index contributed by atoms with van der Waals surface area (Å²) < 4.78 is 10.7. The molecule has 0 spiro atoms. The largest absolute Gasteiger partial charge is 0.497 e. The Balaban J connectivity index is 0.00000176. The van der Waals surface area contributed by atoms with Crippen molar-refractivity contribution in [2.24, 2.45) is 0 Å². The van der Waals surface area contributed by atoms with E-state index in [1.165, 1.54) is 0 Å². The molecule has 22 heavy (non-hydrogen) atoms. The van der Waals surface area contributed by atoms with Gasteiger partial charge in [-0.25, -0.2) is 0 Å². The number of ether oxygens (including phenoxy) is 1. The van der Waals surface area contributed by atoms with Crippen molar-refractivity contribution >= 4 is 12.4 Å². The van der Waals surface area contributed by atoms with Crippen molar-refractivity contribution in [1.82, 2.24) is 20.4 Å². The molecule has 6 nitrogen and oxygen atoms in total. The van der Waals surface area contributed by atoms with Crippen molar-refractivity contribution in [2.45, 2.75) is 13.0 Å². The summed E-state index contributed by atoms with van der Waals surface area (Å²) >= 11 is 0. The Labute approximate surface area is 136 Å². The minimum absolute atomic E-state index is 0. The van der Waals surface area contributed by atoms with Crippen LogP contribution in [0.4, 0.5) is 0 Å². The van der Waals surface area contributed by atoms with Crippen LogP contribution in [-0.2, 0) is 0 Å². The van der Waals surface area contributed by atoms with E-state index < -0.39 is 0 Å². The Morgan fingerprint density at radius 2 is 2.23 bits per heavy atom. The maximum Gasteiger partial charge on any atom is 0.258 e. The van der Waals surface area contributed by atoms with E-state index in [2.05, 4.69) is 27.4 Å². The summed E-state index contributed by atoms with van der Waals surface area (Å²) in [7, 11) is 3.74. The number of hydrogen-bond acceptors (Lipinski definition) is 6. The SMILES string of the molecule is COc1ccc(-c2nc(C3CNCCN3C)no2)c(C)c1.Cl. The van der Waals surface area contributed by atoms with Crippen LogP contribution < -0.4 is 10.1 Å². The molecule has 1 fully saturated rings. The standard InChI is InChI=1S/C15H20N4O2.ClH/c1-10-8-11(20-3)4-5-12(10)15-17-14(18-21-15)13-9-16-6-7-19(13)2;/h4-5,8,13,16H,6-7,9H2,1-3H3;1H. The van der Waals surface area contributed by atoms with Crippen LogP contribution in [0, 0.1) is 6.92 Å². The number of nitrogens with one attached hydrogen (secondary N) is 1. The Morgan fingerprint density at radius 3 is 2.91 bits per heavy atom. The van der Waals surface area contributed by atoms with Crippen molar-refractivity contribution in [3.8, 4) is 17.2 Å². The number of hydrogen-bond donors (Lipinski definition) is 1. The van der Waals surface area contributed by atoms with E-state index in [9.17, 15) is 0 Å². The van der Waals surface area contributed by atoms with Crippen molar-refractivity contribution in [3.63, 3.8) is 0 Å². The number of likely N-dealkylation sites (N-methyl/N-ethyl adjacent to an activating group) is 1. The van der Waals surface area contributed by atoms with Gasteiger partial charge in [0.2, 0.25) is 0 Å². The number of piperazine rings is 1. The van der Waals surface area contributed by atoms with Gasteiger partial charge in [0, 0.05) is 25.2 Å². The minimum Gasteiger partial charge on any atom is -0.497 e. The van der Waals surface area contributed by atoms with E-state index in [4.69, 9.17) is 9.26 Å². The second-order valence-corrected chi connectivity index (χ2v) is 5.34. The molecule has 0 aliphatic carbocycles. The maximum atomic E-state index is 5.45. The quantitative estimate of drug-likeness (QED) is 0.932. The van der Waals surface area contributed by atoms with Crippen LogP contribution in [-0.4, -0.2) is 48.8 Å². The Bertz CT molecular complexity index is 632. The minimum atomic E-state index is 0. The van der Waals surface area contributed by atoms with Crippen LogP contribution in [0.2, 0.25) is 0 Å². The fourth-order valence-corrected chi connectivity index (χ4v) is 2.58. The van der Waals surface area contributed by atoms with Crippen LogP contribution in [0.1, 0.15) is 17.4 Å². The van der Waals surface area contributed by atoms with Gasteiger partial charge in [0.25, 0.3) is 5.89 Å². The van der Waals surface area contributed by atoms with Gasteiger partial charge in [0.05, 0.1) is 13.2 Å². The van der Waals surface area contributed by atoms with Gasteiger partial charge in [-0.3, -0.25) is 4.90 Å². The lowest BCUT2D eigenvalue weighted by Gasteiger charge is -2.30. The third-order valence-electron chi connectivity index (χ3n) is 3.91. The highest BCUT2D eigenvalue weighted by Crippen LogP contribution is 2.27. The fraction of sp³-hybridized carbons (Fsp3) is 0.467. The molecule has 1 N–H and O–H groups in total. The second-order valence-electron chi connectivity index (χ2n) is 5.34. The Hall–Kier alpha value is -1.63. The summed E-state index contributed by atoms with van der Waals surface area (Å²) in [6.07, 6.45) is 0. The predicted molar refractivity (Wildman–Crippen MR) is 86.5 cm³/mol. The molecule has 0 radical (unpaired) electrons. The topological polar surface area (TPSA) is 63.4 Å². The van der Waals surface area contributed by atoms with E-state index in [1.807, 2.05) is 25.1 Å². The van der Waals surface area contributed by atoms with Gasteiger partial charge in [0.1, 0.15) is 5.75 Å². The zero-order chi connectivity index (χ0) is 14.8. The number of aromatic nitrogens is 2. The molecule has 120 valence electrons. The van der Waals surface area contributed by atoms with Crippen LogP contribution in [0.25, 0.3) is 11.5 Å². The lowest BCUT2D eigenvalue weighted by molar-refractivity contribution is 0.190. The molecule has 2 heterocycles. The Morgan fingerprint density at radius 1 is 1.41 bits per heavy atom. The van der Waals surface area contributed by atoms with Crippen LogP contribution in [0.15, 0.2) is 22.7 Å². The first-order valence-electron chi connectivity index (χ1n) is 7.08. The summed E-state index contributed by atoms with van der Waals surface area (Å²) in [4.78, 5) is 6.81. The molecular formula is C15H21ClN4O2. The third kappa shape index (κ3) is 3.24. The van der Waals surface area contributed by atoms with Crippen molar-refractivity contribution in [1.29, 1.82) is 0 Å². The maximum absolute atomic E-state index is 5.45. The van der Waals surface area contributed by atoms with Crippen LogP contribution in [0.5, 0.6) is 5.75 Å². The summed E-state index contributed by atoms with van der Waals surface area (Å²) in [6, 6.07) is 5.98. The lowest BCUT2D eigenvalue weighted by Crippen LogP contribution is -2.44. The fourth-order valence-electron chi connectivity index (χ4n) is 2.58. The van der Waals surface area contributed by atoms with Gasteiger partial charge < -0.3 is 14.6 Å². The molecule has 3 rings (SSSR count). The van der Waals surface area contributed by atoms with Crippen molar-refractivity contribution < 1.29 is 9.26 Å². The molecule has 1 aromatic carbocycles. The highest BCUT2D eigenvalue weighted by Gasteiger charge is 2.25. The smallest absolute Gasteiger partial charge is 0.258 e. The zero-order valence-corrected chi connectivity index (χ0v) is 13.8. The van der Waals surface area contributed by atoms with Gasteiger partial charge >= 0.3 is 0 Å². The van der Waals surface area contributed by atoms with Crippen LogP contribution >= 0.6 is 12.4 Å². The molecule has 7 heteroatoms. The van der Waals surface area contributed by atoms with Gasteiger partial charge in [-0.05, 0) is 37.7 Å². The van der Waals surface area contributed by atoms with Crippen molar-refractivity contribution in [3.05, 3.63) is 29.6 Å². The number of benzene rings is 1. The zero-order valence-electron chi connectivity index (χ0n) is 13.0. The molecule has 1 aliphatic rings. The summed E-state index contributed by atoms with van der Waals surface area (Å²) in [6.45, 7) is 4.83. The highest BCUT2D eigenvalue weighted by atomic mass is 35.5. The van der Waals surface area contributed by atoms with Crippen molar-refractivity contribution in [2.75, 3.05) is 33.8 Å². The molecule has 0 amide bonds. The number of nitrogens with zero attached hydrogens (tertiary/aromatic N) is 3. The van der Waals surface area contributed by atoms with Gasteiger partial charge in [0.15, 0.2) is 5.82 Å². The first-order valence-corrected chi connectivity index (χ1v) is 7.08. The third-order valence-corrected chi connectivity index (χ3v) is 3.91. The number of halogens is 1. The van der Waals surface area contributed by atoms with E-state index in [1.54, 1.807) is 7.11 Å². The highest BCUT2D eigenvalue weighted by molar-refractivity contribution is 5.85. The molecule has 1 unspecified atom stereocenters. The average molecular weight is 325 g/mol. The summed E-state index contributed by atoms with van der Waals surface area (Å²) in [5, 5.41) is 7.51. The normalized spacial score (nSPS) is 18.8. The van der Waals surface area contributed by atoms with Gasteiger partial charge in [-0.15, -0.1) is 12.4 Å². The molecule has 1 saturated heterocycles. The summed E-state index contributed by atoms with van der Waals surface area (Å²) in [5.41, 5.74) is 2.00. The molecule has 1 atom stereocenters. The number of aryl methyl sites for hydroxylation is 1. The molecule has 1 aromatic heterocycles. The number of rotatable bonds is 3. The molecular weight excluding hydrogens is 304 g/mol. The first kappa shape index (κ1) is 16.7. The summed E-state index contributed by atoms with van der Waals surface area (Å²) in [5.74, 6) is 2.12. The van der Waals surface area contributed by atoms with Gasteiger partial charge in [-0.1, -0.05) is 5.16 Å². The number of methoxy groups -OCH3 is 1. The predicted octanol–water partition coefficient (Wildman–Crippen LogP) is 2.05. The van der Waals surface area contributed by atoms with E-state index in [0.717, 1.165) is 42.3 Å². The Kier molecular flexibility index (Phi) is 5.39. The first-order chi connectivity index (χ1) is 10.2.